The fourth-order valence-corrected chi connectivity index (χ4v) is 5.94. The molecule has 0 aromatic heterocycles. The Morgan fingerprint density at radius 3 is 2.67 bits per heavy atom. The first-order valence-electron chi connectivity index (χ1n) is 8.90. The summed E-state index contributed by atoms with van der Waals surface area (Å²) in [5.74, 6) is 0.347. The molecule has 1 amide bonds. The van der Waals surface area contributed by atoms with Crippen molar-refractivity contribution in [3.63, 3.8) is 0 Å². The molecular formula is C19H27NO3S. The predicted molar refractivity (Wildman–Crippen MR) is 95.8 cm³/mol. The molecule has 5 heteroatoms. The summed E-state index contributed by atoms with van der Waals surface area (Å²) in [7, 11) is -1.32. The first-order chi connectivity index (χ1) is 11.4. The third-order valence-electron chi connectivity index (χ3n) is 5.77. The predicted octanol–water partition coefficient (Wildman–Crippen LogP) is 2.92. The topological polar surface area (TPSA) is 54.5 Å². The summed E-state index contributed by atoms with van der Waals surface area (Å²) in [5, 5.41) is -0.398. The number of carbonyl (C=O) groups excluding carboxylic acids is 1. The van der Waals surface area contributed by atoms with Crippen molar-refractivity contribution in [3.05, 3.63) is 35.4 Å². The number of hydrogen-bond acceptors (Lipinski definition) is 3. The average Bonchev–Trinajstić information content (AvgIpc) is 3.04. The second-order valence-electron chi connectivity index (χ2n) is 7.36. The second-order valence-corrected chi connectivity index (χ2v) is 9.63. The van der Waals surface area contributed by atoms with Gasteiger partial charge in [0.05, 0.1) is 5.25 Å². The highest BCUT2D eigenvalue weighted by molar-refractivity contribution is 7.91. The highest BCUT2D eigenvalue weighted by Crippen LogP contribution is 2.35. The maximum absolute atomic E-state index is 12.8. The van der Waals surface area contributed by atoms with Gasteiger partial charge in [-0.1, -0.05) is 24.3 Å². The quantitative estimate of drug-likeness (QED) is 0.840. The van der Waals surface area contributed by atoms with Gasteiger partial charge in [0.25, 0.3) is 0 Å². The highest BCUT2D eigenvalue weighted by Gasteiger charge is 2.39. The van der Waals surface area contributed by atoms with Gasteiger partial charge in [0.1, 0.15) is 0 Å². The Kier molecular flexibility index (Phi) is 5.00. The lowest BCUT2D eigenvalue weighted by atomic mass is 9.81. The van der Waals surface area contributed by atoms with E-state index < -0.39 is 15.1 Å². The third-order valence-corrected chi connectivity index (χ3v) is 7.42. The van der Waals surface area contributed by atoms with Crippen molar-refractivity contribution in [1.29, 1.82) is 0 Å². The van der Waals surface area contributed by atoms with E-state index in [-0.39, 0.29) is 17.9 Å². The van der Waals surface area contributed by atoms with Crippen LogP contribution in [0.4, 0.5) is 0 Å². The smallest absolute Gasteiger partial charge is 0.223 e. The van der Waals surface area contributed by atoms with E-state index in [2.05, 4.69) is 18.2 Å². The van der Waals surface area contributed by atoms with Gasteiger partial charge in [-0.05, 0) is 55.6 Å². The molecule has 3 atom stereocenters. The van der Waals surface area contributed by atoms with Gasteiger partial charge >= 0.3 is 0 Å². The van der Waals surface area contributed by atoms with Crippen molar-refractivity contribution in [2.75, 3.05) is 13.3 Å². The monoisotopic (exact) mass is 349 g/mol. The minimum absolute atomic E-state index is 0.0808. The van der Waals surface area contributed by atoms with Crippen LogP contribution in [0.15, 0.2) is 24.3 Å². The highest BCUT2D eigenvalue weighted by atomic mass is 32.2. The molecule has 0 N–H and O–H groups in total. The Labute approximate surface area is 145 Å². The van der Waals surface area contributed by atoms with E-state index in [0.717, 1.165) is 32.1 Å². The molecule has 0 aliphatic heterocycles. The standard InChI is InChI=1S/C19H27NO3S/c1-20(17-11-6-12-18(17)24(2,22)23)19(21)13-15-9-5-8-14-7-3-4-10-16(14)15/h3-4,7,10,15,17-18H,5-6,8-9,11-13H2,1-2H3/t15-,17+,18+/m0/s1. The van der Waals surface area contributed by atoms with Gasteiger partial charge < -0.3 is 4.90 Å². The zero-order valence-corrected chi connectivity index (χ0v) is 15.4. The maximum atomic E-state index is 12.8. The molecule has 1 aromatic rings. The fraction of sp³-hybridized carbons (Fsp3) is 0.632. The van der Waals surface area contributed by atoms with E-state index in [4.69, 9.17) is 0 Å². The Balaban J connectivity index is 1.71. The van der Waals surface area contributed by atoms with Crippen LogP contribution in [-0.2, 0) is 21.1 Å². The first kappa shape index (κ1) is 17.5. The lowest BCUT2D eigenvalue weighted by Crippen LogP contribution is -2.44. The molecule has 24 heavy (non-hydrogen) atoms. The normalized spacial score (nSPS) is 26.8. The lowest BCUT2D eigenvalue weighted by Gasteiger charge is -2.31. The summed E-state index contributed by atoms with van der Waals surface area (Å²) in [4.78, 5) is 14.5. The molecule has 0 unspecified atom stereocenters. The first-order valence-corrected chi connectivity index (χ1v) is 10.9. The maximum Gasteiger partial charge on any atom is 0.223 e. The van der Waals surface area contributed by atoms with Crippen LogP contribution in [0.5, 0.6) is 0 Å². The molecule has 1 aromatic carbocycles. The van der Waals surface area contributed by atoms with E-state index in [1.807, 2.05) is 6.07 Å². The molecule has 1 saturated carbocycles. The third kappa shape index (κ3) is 3.51. The number of rotatable bonds is 4. The van der Waals surface area contributed by atoms with Crippen LogP contribution < -0.4 is 0 Å². The van der Waals surface area contributed by atoms with Crippen molar-refractivity contribution < 1.29 is 13.2 Å². The molecule has 4 nitrogen and oxygen atoms in total. The largest absolute Gasteiger partial charge is 0.341 e. The average molecular weight is 349 g/mol. The fourth-order valence-electron chi connectivity index (χ4n) is 4.46. The van der Waals surface area contributed by atoms with E-state index in [0.29, 0.717) is 12.8 Å². The van der Waals surface area contributed by atoms with Crippen LogP contribution in [0.1, 0.15) is 55.6 Å². The van der Waals surface area contributed by atoms with E-state index in [1.54, 1.807) is 11.9 Å². The van der Waals surface area contributed by atoms with Gasteiger partial charge in [-0.25, -0.2) is 8.42 Å². The van der Waals surface area contributed by atoms with Gasteiger partial charge in [-0.3, -0.25) is 4.79 Å². The van der Waals surface area contributed by atoms with Crippen molar-refractivity contribution in [3.8, 4) is 0 Å². The van der Waals surface area contributed by atoms with Gasteiger partial charge in [0.2, 0.25) is 5.91 Å². The van der Waals surface area contributed by atoms with Crippen LogP contribution in [0, 0.1) is 0 Å². The zero-order valence-electron chi connectivity index (χ0n) is 14.6. The Morgan fingerprint density at radius 1 is 1.17 bits per heavy atom. The van der Waals surface area contributed by atoms with E-state index >= 15 is 0 Å². The van der Waals surface area contributed by atoms with Crippen LogP contribution in [-0.4, -0.2) is 43.8 Å². The minimum atomic E-state index is -3.11. The Hall–Kier alpha value is -1.36. The SMILES string of the molecule is CN(C(=O)C[C@@H]1CCCc2ccccc21)[C@@H]1CCC[C@H]1S(C)(=O)=O. The summed E-state index contributed by atoms with van der Waals surface area (Å²) in [6.45, 7) is 0. The summed E-state index contributed by atoms with van der Waals surface area (Å²) >= 11 is 0. The van der Waals surface area contributed by atoms with Crippen LogP contribution >= 0.6 is 0 Å². The Morgan fingerprint density at radius 2 is 1.92 bits per heavy atom. The number of carbonyl (C=O) groups is 1. The second kappa shape index (κ2) is 6.87. The molecule has 0 spiro atoms. The molecule has 0 heterocycles. The number of amides is 1. The Bertz CT molecular complexity index is 713. The molecule has 2 aliphatic carbocycles. The summed E-state index contributed by atoms with van der Waals surface area (Å²) in [6, 6.07) is 8.24. The molecule has 1 fully saturated rings. The molecular weight excluding hydrogens is 322 g/mol. The van der Waals surface area contributed by atoms with Crippen LogP contribution in [0.3, 0.4) is 0 Å². The summed E-state index contributed by atoms with van der Waals surface area (Å²) < 4.78 is 24.0. The zero-order chi connectivity index (χ0) is 17.3. The molecule has 132 valence electrons. The molecule has 2 aliphatic rings. The number of nitrogens with zero attached hydrogens (tertiary/aromatic N) is 1. The van der Waals surface area contributed by atoms with Crippen molar-refractivity contribution in [2.45, 2.75) is 62.2 Å². The molecule has 0 saturated heterocycles. The number of aryl methyl sites for hydroxylation is 1. The van der Waals surface area contributed by atoms with Crippen molar-refractivity contribution >= 4 is 15.7 Å². The van der Waals surface area contributed by atoms with Gasteiger partial charge in [0, 0.05) is 25.8 Å². The lowest BCUT2D eigenvalue weighted by molar-refractivity contribution is -0.132. The van der Waals surface area contributed by atoms with Gasteiger partial charge in [-0.15, -0.1) is 0 Å². The molecule has 3 rings (SSSR count). The molecule has 0 bridgehead atoms. The number of hydrogen-bond donors (Lipinski definition) is 0. The van der Waals surface area contributed by atoms with Crippen molar-refractivity contribution in [1.82, 2.24) is 4.90 Å². The van der Waals surface area contributed by atoms with Gasteiger partial charge in [0.15, 0.2) is 9.84 Å². The summed E-state index contributed by atoms with van der Waals surface area (Å²) in [5.41, 5.74) is 2.66. The minimum Gasteiger partial charge on any atom is -0.341 e. The van der Waals surface area contributed by atoms with E-state index in [9.17, 15) is 13.2 Å². The number of fused-ring (bicyclic) bond motifs is 1. The number of benzene rings is 1. The van der Waals surface area contributed by atoms with Crippen LogP contribution in [0.2, 0.25) is 0 Å². The molecule has 0 radical (unpaired) electrons. The number of sulfone groups is 1. The van der Waals surface area contributed by atoms with Gasteiger partial charge in [-0.2, -0.15) is 0 Å². The van der Waals surface area contributed by atoms with Crippen molar-refractivity contribution in [2.24, 2.45) is 0 Å². The van der Waals surface area contributed by atoms with E-state index in [1.165, 1.54) is 17.4 Å². The summed E-state index contributed by atoms with van der Waals surface area (Å²) in [6.07, 6.45) is 7.38. The van der Waals surface area contributed by atoms with Crippen LogP contribution in [0.25, 0.3) is 0 Å².